The zero-order valence-corrected chi connectivity index (χ0v) is 7.61. The van der Waals surface area contributed by atoms with E-state index in [0.29, 0.717) is 0 Å². The Morgan fingerprint density at radius 1 is 0.857 bits per heavy atom. The molecular weight excluding hydrogens is 341 g/mol. The van der Waals surface area contributed by atoms with Crippen LogP contribution in [0.15, 0.2) is 0 Å². The van der Waals surface area contributed by atoms with Gasteiger partial charge >= 0.3 is 32.3 Å². The first-order valence-corrected chi connectivity index (χ1v) is 3.81. The Hall–Kier alpha value is 0.402. The molecule has 0 aliphatic carbocycles. The van der Waals surface area contributed by atoms with Gasteiger partial charge in [0.25, 0.3) is 0 Å². The van der Waals surface area contributed by atoms with Crippen LogP contribution in [-0.4, -0.2) is 0 Å². The number of quaternary nitrogens is 1. The molecule has 0 aromatic carbocycles. The first-order valence-electron chi connectivity index (χ1n) is 0.408. The van der Waals surface area contributed by atoms with Crippen molar-refractivity contribution < 1.29 is 46.4 Å². The zero-order valence-electron chi connectivity index (χ0n) is 3.45. The molecule has 0 heterocycles. The van der Waals surface area contributed by atoms with Crippen LogP contribution in [0.3, 0.4) is 0 Å². The molecule has 46 valence electrons. The van der Waals surface area contributed by atoms with Gasteiger partial charge in [0.05, 0.1) is 0 Å². The quantitative estimate of drug-likeness (QED) is 0.474. The zero-order chi connectivity index (χ0) is 2.71. The summed E-state index contributed by atoms with van der Waals surface area (Å²) in [7, 11) is 0. The summed E-state index contributed by atoms with van der Waals surface area (Å²) >= 11 is -2.51. The van der Waals surface area contributed by atoms with E-state index in [1.54, 1.807) is 0 Å². The molecule has 4 N–H and O–H groups in total. The molecule has 0 aliphatic rings. The fourth-order valence-corrected chi connectivity index (χ4v) is 0. The van der Waals surface area contributed by atoms with Crippen LogP contribution >= 0.6 is 0 Å². The molecule has 0 aromatic heterocycles. The predicted octanol–water partition coefficient (Wildman–Crippen LogP) is -8.85. The van der Waals surface area contributed by atoms with Crippen LogP contribution in [0.1, 0.15) is 0 Å². The SMILES string of the molecule is [F-].[F-].[F-].[NH4+].[O]=[U+2]=[O]. The van der Waals surface area contributed by atoms with Crippen molar-refractivity contribution >= 4 is 0 Å². The molecule has 0 amide bonds. The topological polar surface area (TPSA) is 70.6 Å². The van der Waals surface area contributed by atoms with Crippen LogP contribution in [0.5, 0.6) is 0 Å². The van der Waals surface area contributed by atoms with Crippen molar-refractivity contribution in [3.05, 3.63) is 0 Å². The molecule has 0 spiro atoms. The Morgan fingerprint density at radius 2 is 0.857 bits per heavy atom. The normalized spacial score (nSPS) is 1.14. The summed E-state index contributed by atoms with van der Waals surface area (Å²) in [6.07, 6.45) is 0. The van der Waals surface area contributed by atoms with Gasteiger partial charge in [-0.05, 0) is 0 Å². The first-order chi connectivity index (χ1) is 1.41. The van der Waals surface area contributed by atoms with Gasteiger partial charge in [-0.2, -0.15) is 0 Å². The third-order valence-corrected chi connectivity index (χ3v) is 0. The second kappa shape index (κ2) is 95.0. The van der Waals surface area contributed by atoms with Gasteiger partial charge < -0.3 is 20.3 Å². The fourth-order valence-electron chi connectivity index (χ4n) is 0. The molecule has 7 heteroatoms. The molecule has 0 fully saturated rings. The third-order valence-electron chi connectivity index (χ3n) is 0. The monoisotopic (exact) mass is 345 g/mol. The van der Waals surface area contributed by atoms with E-state index in [1.807, 2.05) is 0 Å². The molecule has 0 bridgehead atoms. The fraction of sp³-hybridized carbons (Fsp3) is 0. The maximum atomic E-state index is 8.58. The third kappa shape index (κ3) is 768. The number of hydrogen-bond acceptors (Lipinski definition) is 2. The standard InChI is InChI=1S/3FH.H3N.2O.U/h3*1H;1H3;;;/q;;;;;;+2/p-2. The van der Waals surface area contributed by atoms with Crippen LogP contribution in [0.4, 0.5) is 0 Å². The van der Waals surface area contributed by atoms with E-state index in [1.165, 1.54) is 0 Å². The molecular formula is H4F3NO2U. The van der Waals surface area contributed by atoms with Crippen molar-refractivity contribution in [1.29, 1.82) is 0 Å². The molecule has 0 unspecified atom stereocenters. The summed E-state index contributed by atoms with van der Waals surface area (Å²) in [5.41, 5.74) is 0. The van der Waals surface area contributed by atoms with E-state index >= 15 is 0 Å². The van der Waals surface area contributed by atoms with E-state index in [9.17, 15) is 0 Å². The molecule has 3 nitrogen and oxygen atoms in total. The summed E-state index contributed by atoms with van der Waals surface area (Å²) in [6.45, 7) is 0. The van der Waals surface area contributed by atoms with Crippen molar-refractivity contribution in [3.63, 3.8) is 0 Å². The van der Waals surface area contributed by atoms with E-state index in [4.69, 9.17) is 4.47 Å². The molecule has 0 rings (SSSR count). The molecule has 0 saturated carbocycles. The average Bonchev–Trinajstić information content (AvgIpc) is 0.918. The van der Waals surface area contributed by atoms with Crippen molar-refractivity contribution in [3.8, 4) is 0 Å². The molecule has 0 atom stereocenters. The summed E-state index contributed by atoms with van der Waals surface area (Å²) < 4.78 is 17.2. The van der Waals surface area contributed by atoms with Crippen molar-refractivity contribution in [2.45, 2.75) is 0 Å². The summed E-state index contributed by atoms with van der Waals surface area (Å²) in [6, 6.07) is 0. The summed E-state index contributed by atoms with van der Waals surface area (Å²) in [4.78, 5) is 0. The molecule has 7 heavy (non-hydrogen) atoms. The van der Waals surface area contributed by atoms with E-state index < -0.39 is 27.8 Å². The molecule has 0 aromatic rings. The Labute approximate surface area is 52.8 Å². The maximum absolute atomic E-state index is 8.58. The number of hydrogen-bond donors (Lipinski definition) is 1. The van der Waals surface area contributed by atoms with E-state index in [0.717, 1.165) is 0 Å². The molecule has 0 saturated heterocycles. The van der Waals surface area contributed by atoms with Gasteiger partial charge in [-0.15, -0.1) is 0 Å². The van der Waals surface area contributed by atoms with Gasteiger partial charge in [-0.25, -0.2) is 0 Å². The van der Waals surface area contributed by atoms with Gasteiger partial charge in [-0.1, -0.05) is 0 Å². The van der Waals surface area contributed by atoms with E-state index in [-0.39, 0.29) is 20.3 Å². The van der Waals surface area contributed by atoms with Gasteiger partial charge in [-0.3, -0.25) is 0 Å². The van der Waals surface area contributed by atoms with Gasteiger partial charge in [0.2, 0.25) is 0 Å². The predicted molar refractivity (Wildman–Crippen MR) is 7.36 cm³/mol. The minimum atomic E-state index is -2.51. The Balaban J connectivity index is -0.00000000333. The Kier molecular flexibility index (Phi) is 714. The van der Waals surface area contributed by atoms with Crippen LogP contribution in [0, 0.1) is 27.8 Å². The first kappa shape index (κ1) is 52.6. The van der Waals surface area contributed by atoms with Gasteiger partial charge in [0.15, 0.2) is 0 Å². The van der Waals surface area contributed by atoms with Crippen molar-refractivity contribution in [2.75, 3.05) is 0 Å². The van der Waals surface area contributed by atoms with Crippen molar-refractivity contribution in [1.82, 2.24) is 6.15 Å². The Bertz CT molecular complexity index is 33.9. The van der Waals surface area contributed by atoms with Gasteiger partial charge in [0.1, 0.15) is 0 Å². The molecule has 0 aliphatic heterocycles. The van der Waals surface area contributed by atoms with Gasteiger partial charge in [0, 0.05) is 0 Å². The number of rotatable bonds is 0. The minimum absolute atomic E-state index is 0. The second-order valence-corrected chi connectivity index (χ2v) is 0.777. The Morgan fingerprint density at radius 3 is 0.857 bits per heavy atom. The van der Waals surface area contributed by atoms with Crippen LogP contribution in [0.25, 0.3) is 0 Å². The average molecular weight is 345 g/mol. The molecule has 0 radical (unpaired) electrons. The van der Waals surface area contributed by atoms with E-state index in [2.05, 4.69) is 0 Å². The summed E-state index contributed by atoms with van der Waals surface area (Å²) in [5, 5.41) is 0. The van der Waals surface area contributed by atoms with Crippen LogP contribution in [-0.2, 0) is 4.47 Å². The second-order valence-electron chi connectivity index (χ2n) is 0.0833. The number of halogens is 3. The van der Waals surface area contributed by atoms with Crippen LogP contribution < -0.4 is 20.3 Å². The summed E-state index contributed by atoms with van der Waals surface area (Å²) in [5.74, 6) is 0. The van der Waals surface area contributed by atoms with Crippen molar-refractivity contribution in [2.24, 2.45) is 0 Å². The van der Waals surface area contributed by atoms with Crippen LogP contribution in [0.2, 0.25) is 0 Å².